The highest BCUT2D eigenvalue weighted by Crippen LogP contribution is 2.21. The van der Waals surface area contributed by atoms with Gasteiger partial charge in [0.15, 0.2) is 0 Å². The maximum Gasteiger partial charge on any atom is 0.261 e. The van der Waals surface area contributed by atoms with Gasteiger partial charge in [0.05, 0.1) is 4.90 Å². The van der Waals surface area contributed by atoms with Crippen LogP contribution in [0.15, 0.2) is 23.1 Å². The summed E-state index contributed by atoms with van der Waals surface area (Å²) in [5.74, 6) is 0. The molecule has 0 unspecified atom stereocenters. The van der Waals surface area contributed by atoms with E-state index in [9.17, 15) is 8.42 Å². The Kier molecular flexibility index (Phi) is 3.01. The SMILES string of the molecule is Cc1ccc(I)cc1S(=O)(=O)Cl. The van der Waals surface area contributed by atoms with E-state index in [1.54, 1.807) is 19.1 Å². The van der Waals surface area contributed by atoms with Gasteiger partial charge in [-0.05, 0) is 47.2 Å². The van der Waals surface area contributed by atoms with Gasteiger partial charge in [0.1, 0.15) is 0 Å². The fraction of sp³-hybridized carbons (Fsp3) is 0.143. The highest BCUT2D eigenvalue weighted by atomic mass is 127. The van der Waals surface area contributed by atoms with Crippen molar-refractivity contribution in [2.24, 2.45) is 0 Å². The molecule has 0 fully saturated rings. The molecule has 5 heteroatoms. The van der Waals surface area contributed by atoms with Crippen LogP contribution in [0.1, 0.15) is 5.56 Å². The van der Waals surface area contributed by atoms with E-state index in [2.05, 4.69) is 0 Å². The van der Waals surface area contributed by atoms with Gasteiger partial charge in [-0.3, -0.25) is 0 Å². The highest BCUT2D eigenvalue weighted by Gasteiger charge is 2.12. The van der Waals surface area contributed by atoms with Crippen molar-refractivity contribution in [1.82, 2.24) is 0 Å². The molecule has 0 aliphatic heterocycles. The van der Waals surface area contributed by atoms with E-state index in [1.807, 2.05) is 28.7 Å². The zero-order valence-electron chi connectivity index (χ0n) is 6.21. The molecule has 0 spiro atoms. The van der Waals surface area contributed by atoms with E-state index in [-0.39, 0.29) is 4.90 Å². The minimum atomic E-state index is -3.59. The second-order valence-corrected chi connectivity index (χ2v) is 6.13. The Balaban J connectivity index is 3.43. The van der Waals surface area contributed by atoms with Crippen LogP contribution < -0.4 is 0 Å². The number of hydrogen-bond acceptors (Lipinski definition) is 2. The molecule has 0 aromatic heterocycles. The molecule has 0 aliphatic carbocycles. The average molecular weight is 317 g/mol. The molecule has 2 nitrogen and oxygen atoms in total. The molecular formula is C7H6ClIO2S. The van der Waals surface area contributed by atoms with Gasteiger partial charge in [-0.1, -0.05) is 6.07 Å². The van der Waals surface area contributed by atoms with E-state index >= 15 is 0 Å². The van der Waals surface area contributed by atoms with Crippen LogP contribution in [0.2, 0.25) is 0 Å². The molecular weight excluding hydrogens is 310 g/mol. The number of aryl methyl sites for hydroxylation is 1. The summed E-state index contributed by atoms with van der Waals surface area (Å²) >= 11 is 2.04. The summed E-state index contributed by atoms with van der Waals surface area (Å²) in [7, 11) is 1.62. The van der Waals surface area contributed by atoms with E-state index in [0.717, 1.165) is 3.57 Å². The van der Waals surface area contributed by atoms with Gasteiger partial charge in [0.2, 0.25) is 0 Å². The van der Waals surface area contributed by atoms with Crippen molar-refractivity contribution in [1.29, 1.82) is 0 Å². The van der Waals surface area contributed by atoms with Crippen LogP contribution in [0.3, 0.4) is 0 Å². The fourth-order valence-electron chi connectivity index (χ4n) is 0.837. The molecule has 0 aliphatic rings. The monoisotopic (exact) mass is 316 g/mol. The van der Waals surface area contributed by atoms with Crippen molar-refractivity contribution in [2.45, 2.75) is 11.8 Å². The Morgan fingerprint density at radius 1 is 1.42 bits per heavy atom. The lowest BCUT2D eigenvalue weighted by Gasteiger charge is -2.01. The summed E-state index contributed by atoms with van der Waals surface area (Å²) in [6.07, 6.45) is 0. The quantitative estimate of drug-likeness (QED) is 0.589. The third kappa shape index (κ3) is 2.34. The number of hydrogen-bond donors (Lipinski definition) is 0. The van der Waals surface area contributed by atoms with Crippen LogP contribution in [0.5, 0.6) is 0 Å². The Labute approximate surface area is 89.5 Å². The van der Waals surface area contributed by atoms with Gasteiger partial charge >= 0.3 is 0 Å². The van der Waals surface area contributed by atoms with Crippen LogP contribution in [0.4, 0.5) is 0 Å². The lowest BCUT2D eigenvalue weighted by atomic mass is 10.2. The van der Waals surface area contributed by atoms with Crippen molar-refractivity contribution in [3.8, 4) is 0 Å². The first kappa shape index (κ1) is 10.3. The van der Waals surface area contributed by atoms with Crippen LogP contribution in [-0.4, -0.2) is 8.42 Å². The number of rotatable bonds is 1. The summed E-state index contributed by atoms with van der Waals surface area (Å²) in [5.41, 5.74) is 0.672. The molecule has 12 heavy (non-hydrogen) atoms. The summed E-state index contributed by atoms with van der Waals surface area (Å²) in [4.78, 5) is 0.191. The van der Waals surface area contributed by atoms with Crippen LogP contribution >= 0.6 is 33.3 Å². The van der Waals surface area contributed by atoms with Crippen molar-refractivity contribution in [3.63, 3.8) is 0 Å². The van der Waals surface area contributed by atoms with E-state index in [4.69, 9.17) is 10.7 Å². The molecule has 0 bridgehead atoms. The third-order valence-electron chi connectivity index (χ3n) is 1.41. The molecule has 0 heterocycles. The van der Waals surface area contributed by atoms with Gasteiger partial charge < -0.3 is 0 Å². The van der Waals surface area contributed by atoms with Gasteiger partial charge in [-0.2, -0.15) is 0 Å². The normalized spacial score (nSPS) is 11.6. The van der Waals surface area contributed by atoms with Gasteiger partial charge in [0.25, 0.3) is 9.05 Å². The van der Waals surface area contributed by atoms with E-state index in [0.29, 0.717) is 5.56 Å². The lowest BCUT2D eigenvalue weighted by molar-refractivity contribution is 0.609. The molecule has 0 radical (unpaired) electrons. The predicted octanol–water partition coefficient (Wildman–Crippen LogP) is 2.53. The molecule has 0 saturated carbocycles. The largest absolute Gasteiger partial charge is 0.261 e. The molecule has 0 amide bonds. The summed E-state index contributed by atoms with van der Waals surface area (Å²) in [6, 6.07) is 5.12. The Bertz CT molecular complexity index is 400. The minimum absolute atomic E-state index is 0.191. The van der Waals surface area contributed by atoms with Gasteiger partial charge in [-0.25, -0.2) is 8.42 Å². The Morgan fingerprint density at radius 2 is 2.00 bits per heavy atom. The van der Waals surface area contributed by atoms with Crippen molar-refractivity contribution in [2.75, 3.05) is 0 Å². The second-order valence-electron chi connectivity index (χ2n) is 2.35. The number of halogens is 2. The molecule has 1 aromatic carbocycles. The van der Waals surface area contributed by atoms with Gasteiger partial charge in [-0.15, -0.1) is 0 Å². The first-order chi connectivity index (χ1) is 5.41. The molecule has 0 N–H and O–H groups in total. The van der Waals surface area contributed by atoms with Crippen LogP contribution in [-0.2, 0) is 9.05 Å². The zero-order valence-corrected chi connectivity index (χ0v) is 9.94. The molecule has 1 aromatic rings. The summed E-state index contributed by atoms with van der Waals surface area (Å²) < 4.78 is 22.8. The Hall–Kier alpha value is 0.190. The van der Waals surface area contributed by atoms with E-state index < -0.39 is 9.05 Å². The first-order valence-electron chi connectivity index (χ1n) is 3.12. The maximum atomic E-state index is 11.0. The summed E-state index contributed by atoms with van der Waals surface area (Å²) in [5, 5.41) is 0. The van der Waals surface area contributed by atoms with Crippen LogP contribution in [0, 0.1) is 10.5 Å². The molecule has 0 atom stereocenters. The van der Waals surface area contributed by atoms with Crippen LogP contribution in [0.25, 0.3) is 0 Å². The molecule has 1 rings (SSSR count). The average Bonchev–Trinajstić information content (AvgIpc) is 1.92. The predicted molar refractivity (Wildman–Crippen MR) is 56.9 cm³/mol. The lowest BCUT2D eigenvalue weighted by Crippen LogP contribution is -1.94. The standard InChI is InChI=1S/C7H6ClIO2S/c1-5-2-3-6(9)4-7(5)12(8,10)11/h2-4H,1H3. The smallest absolute Gasteiger partial charge is 0.207 e. The minimum Gasteiger partial charge on any atom is -0.207 e. The Morgan fingerprint density at radius 3 is 2.42 bits per heavy atom. The number of benzene rings is 1. The third-order valence-corrected chi connectivity index (χ3v) is 3.55. The zero-order chi connectivity index (χ0) is 9.35. The molecule has 0 saturated heterocycles. The molecule has 66 valence electrons. The van der Waals surface area contributed by atoms with Crippen molar-refractivity contribution >= 4 is 42.3 Å². The first-order valence-corrected chi connectivity index (χ1v) is 6.51. The highest BCUT2D eigenvalue weighted by molar-refractivity contribution is 14.1. The topological polar surface area (TPSA) is 34.1 Å². The summed E-state index contributed by atoms with van der Waals surface area (Å²) in [6.45, 7) is 1.71. The van der Waals surface area contributed by atoms with Crippen molar-refractivity contribution < 1.29 is 8.42 Å². The maximum absolute atomic E-state index is 11.0. The second kappa shape index (κ2) is 3.51. The van der Waals surface area contributed by atoms with E-state index in [1.165, 1.54) is 0 Å². The van der Waals surface area contributed by atoms with Gasteiger partial charge in [0, 0.05) is 14.3 Å². The van der Waals surface area contributed by atoms with Crippen molar-refractivity contribution in [3.05, 3.63) is 27.3 Å². The fourth-order valence-corrected chi connectivity index (χ4v) is 2.76.